The minimum atomic E-state index is -1.99. The number of hydrogen-bond acceptors (Lipinski definition) is 3. The molecule has 0 atom stereocenters. The van der Waals surface area contributed by atoms with Crippen LogP contribution in [0.4, 0.5) is 0 Å². The van der Waals surface area contributed by atoms with Gasteiger partial charge in [0.25, 0.3) is 4.52 Å². The zero-order chi connectivity index (χ0) is 11.5. The van der Waals surface area contributed by atoms with Crippen LogP contribution in [-0.4, -0.2) is 17.0 Å². The highest BCUT2D eigenvalue weighted by atomic mass is 35.5. The first-order valence-electron chi connectivity index (χ1n) is 3.83. The monoisotopic (exact) mass is 248 g/mol. The maximum absolute atomic E-state index is 10.7. The number of rotatable bonds is 2. The lowest BCUT2D eigenvalue weighted by atomic mass is 10.2. The number of esters is 1. The molecule has 0 saturated heterocycles. The van der Waals surface area contributed by atoms with E-state index < -0.39 is 16.5 Å². The van der Waals surface area contributed by atoms with E-state index in [1.165, 1.54) is 12.1 Å². The molecule has 1 rings (SSSR count). The van der Waals surface area contributed by atoms with Crippen LogP contribution in [0.1, 0.15) is 5.56 Å². The summed E-state index contributed by atoms with van der Waals surface area (Å²) in [5.41, 5.74) is 0.280. The van der Waals surface area contributed by atoms with E-state index in [0.29, 0.717) is 0 Å². The summed E-state index contributed by atoms with van der Waals surface area (Å²) in [5, 5.41) is 8.30. The molecule has 0 aliphatic heterocycles. The Kier molecular flexibility index (Phi) is 3.55. The van der Waals surface area contributed by atoms with E-state index in [0.717, 1.165) is 0 Å². The van der Waals surface area contributed by atoms with Crippen LogP contribution in [0.3, 0.4) is 0 Å². The van der Waals surface area contributed by atoms with Crippen LogP contribution in [0.25, 0.3) is 0 Å². The predicted molar refractivity (Wildman–Crippen MR) is 53.6 cm³/mol. The van der Waals surface area contributed by atoms with E-state index in [2.05, 4.69) is 4.74 Å². The molecule has 0 bridgehead atoms. The summed E-state index contributed by atoms with van der Waals surface area (Å²) >= 11 is 11.3. The summed E-state index contributed by atoms with van der Waals surface area (Å²) in [6.07, 6.45) is 0. The fourth-order valence-electron chi connectivity index (χ4n) is 0.851. The van der Waals surface area contributed by atoms with Crippen LogP contribution in [-0.2, 0) is 18.8 Å². The van der Waals surface area contributed by atoms with Crippen LogP contribution >= 0.6 is 23.2 Å². The molecule has 1 N–H and O–H groups in total. The molecule has 0 radical (unpaired) electrons. The minimum absolute atomic E-state index is 0.280. The maximum atomic E-state index is 10.7. The van der Waals surface area contributed by atoms with Gasteiger partial charge in [0.05, 0.1) is 0 Å². The molecule has 0 amide bonds. The second kappa shape index (κ2) is 4.51. The Morgan fingerprint density at radius 1 is 1.20 bits per heavy atom. The molecule has 15 heavy (non-hydrogen) atoms. The van der Waals surface area contributed by atoms with Gasteiger partial charge in [-0.15, -0.1) is 0 Å². The molecule has 0 spiro atoms. The highest BCUT2D eigenvalue weighted by molar-refractivity contribution is 6.48. The molecule has 4 nitrogen and oxygen atoms in total. The zero-order valence-electron chi connectivity index (χ0n) is 7.31. The summed E-state index contributed by atoms with van der Waals surface area (Å²) in [7, 11) is 0. The van der Waals surface area contributed by atoms with Gasteiger partial charge < -0.3 is 9.84 Å². The van der Waals surface area contributed by atoms with Crippen molar-refractivity contribution in [2.24, 2.45) is 0 Å². The molecule has 0 saturated carbocycles. The van der Waals surface area contributed by atoms with E-state index in [1.54, 1.807) is 18.2 Å². The van der Waals surface area contributed by atoms with Crippen molar-refractivity contribution in [3.63, 3.8) is 0 Å². The van der Waals surface area contributed by atoms with E-state index in [1.807, 2.05) is 0 Å². The van der Waals surface area contributed by atoms with Gasteiger partial charge in [-0.1, -0.05) is 53.5 Å². The van der Waals surface area contributed by atoms with Gasteiger partial charge in [-0.05, 0) is 0 Å². The average molecular weight is 249 g/mol. The van der Waals surface area contributed by atoms with Gasteiger partial charge in [0, 0.05) is 5.56 Å². The third-order valence-corrected chi connectivity index (χ3v) is 2.10. The molecule has 6 heteroatoms. The van der Waals surface area contributed by atoms with Crippen molar-refractivity contribution in [2.75, 3.05) is 0 Å². The summed E-state index contributed by atoms with van der Waals surface area (Å²) in [6.45, 7) is 0. The molecule has 80 valence electrons. The number of carbonyl (C=O) groups is 2. The van der Waals surface area contributed by atoms with Crippen molar-refractivity contribution in [3.05, 3.63) is 35.9 Å². The first-order chi connectivity index (χ1) is 6.93. The Labute approximate surface area is 95.4 Å². The minimum Gasteiger partial charge on any atom is -0.473 e. The molecule has 0 aliphatic carbocycles. The first kappa shape index (κ1) is 11.8. The number of hydrogen-bond donors (Lipinski definition) is 1. The van der Waals surface area contributed by atoms with Crippen LogP contribution in [0.5, 0.6) is 0 Å². The smallest absolute Gasteiger partial charge is 0.420 e. The van der Waals surface area contributed by atoms with Crippen LogP contribution in [0, 0.1) is 0 Å². The van der Waals surface area contributed by atoms with Crippen molar-refractivity contribution in [1.82, 2.24) is 0 Å². The average Bonchev–Trinajstić information content (AvgIpc) is 2.18. The van der Waals surface area contributed by atoms with E-state index in [9.17, 15) is 9.59 Å². The summed E-state index contributed by atoms with van der Waals surface area (Å²) < 4.78 is 2.39. The maximum Gasteiger partial charge on any atom is 0.420 e. The number of carboxylic acid groups (broad SMARTS) is 1. The fourth-order valence-corrected chi connectivity index (χ4v) is 1.24. The van der Waals surface area contributed by atoms with Gasteiger partial charge >= 0.3 is 11.9 Å². The number of halogens is 2. The largest absolute Gasteiger partial charge is 0.473 e. The molecular formula is C9H6Cl2O4. The molecule has 0 aliphatic rings. The highest BCUT2D eigenvalue weighted by Crippen LogP contribution is 2.34. The van der Waals surface area contributed by atoms with Gasteiger partial charge in [0.2, 0.25) is 0 Å². The van der Waals surface area contributed by atoms with E-state index in [-0.39, 0.29) is 5.56 Å². The molecular weight excluding hydrogens is 243 g/mol. The van der Waals surface area contributed by atoms with Crippen molar-refractivity contribution in [1.29, 1.82) is 0 Å². The lowest BCUT2D eigenvalue weighted by Gasteiger charge is -2.18. The predicted octanol–water partition coefficient (Wildman–Crippen LogP) is 1.90. The van der Waals surface area contributed by atoms with Gasteiger partial charge in [-0.3, -0.25) is 0 Å². The molecule has 0 fully saturated rings. The third-order valence-electron chi connectivity index (χ3n) is 1.51. The molecule has 0 heterocycles. The number of carboxylic acids is 1. The van der Waals surface area contributed by atoms with Gasteiger partial charge in [-0.2, -0.15) is 0 Å². The summed E-state index contributed by atoms with van der Waals surface area (Å²) in [6, 6.07) is 7.99. The lowest BCUT2D eigenvalue weighted by Crippen LogP contribution is -2.25. The fraction of sp³-hybridized carbons (Fsp3) is 0.111. The molecule has 1 aromatic carbocycles. The molecule has 0 aromatic heterocycles. The quantitative estimate of drug-likeness (QED) is 0.494. The Morgan fingerprint density at radius 2 is 1.73 bits per heavy atom. The number of aliphatic carboxylic acids is 1. The van der Waals surface area contributed by atoms with Crippen LogP contribution < -0.4 is 0 Å². The number of carbonyl (C=O) groups excluding carboxylic acids is 1. The Balaban J connectivity index is 2.85. The normalized spacial score (nSPS) is 10.8. The van der Waals surface area contributed by atoms with Crippen molar-refractivity contribution >= 4 is 35.1 Å². The second-order valence-electron chi connectivity index (χ2n) is 2.58. The third kappa shape index (κ3) is 3.11. The Hall–Kier alpha value is -1.26. The summed E-state index contributed by atoms with van der Waals surface area (Å²) in [4.78, 5) is 21.0. The Bertz CT molecular complexity index is 375. The molecule has 0 unspecified atom stereocenters. The standard InChI is InChI=1S/C9H6Cl2O4/c10-9(11,15-8(14)7(12)13)6-4-2-1-3-5-6/h1-5H,(H,12,13). The van der Waals surface area contributed by atoms with Gasteiger partial charge in [-0.25, -0.2) is 9.59 Å². The topological polar surface area (TPSA) is 63.6 Å². The van der Waals surface area contributed by atoms with E-state index >= 15 is 0 Å². The number of alkyl halides is 2. The first-order valence-corrected chi connectivity index (χ1v) is 4.58. The zero-order valence-corrected chi connectivity index (χ0v) is 8.83. The molecule has 1 aromatic rings. The van der Waals surface area contributed by atoms with Crippen molar-refractivity contribution < 1.29 is 19.4 Å². The highest BCUT2D eigenvalue weighted by Gasteiger charge is 2.33. The van der Waals surface area contributed by atoms with Crippen molar-refractivity contribution in [2.45, 2.75) is 4.52 Å². The second-order valence-corrected chi connectivity index (χ2v) is 3.84. The van der Waals surface area contributed by atoms with E-state index in [4.69, 9.17) is 28.3 Å². The SMILES string of the molecule is O=C(O)C(=O)OC(Cl)(Cl)c1ccccc1. The number of ether oxygens (including phenoxy) is 1. The number of benzene rings is 1. The van der Waals surface area contributed by atoms with Gasteiger partial charge in [0.1, 0.15) is 0 Å². The summed E-state index contributed by atoms with van der Waals surface area (Å²) in [5.74, 6) is -3.26. The Morgan fingerprint density at radius 3 is 2.20 bits per heavy atom. The van der Waals surface area contributed by atoms with Crippen molar-refractivity contribution in [3.8, 4) is 0 Å². The lowest BCUT2D eigenvalue weighted by molar-refractivity contribution is -0.166. The van der Waals surface area contributed by atoms with Crippen LogP contribution in [0.2, 0.25) is 0 Å². The van der Waals surface area contributed by atoms with Gasteiger partial charge in [0.15, 0.2) is 0 Å². The van der Waals surface area contributed by atoms with Crippen LogP contribution in [0.15, 0.2) is 30.3 Å².